The Morgan fingerprint density at radius 2 is 1.22 bits per heavy atom. The second kappa shape index (κ2) is 25.4. The van der Waals surface area contributed by atoms with E-state index in [1.807, 2.05) is 6.92 Å². The van der Waals surface area contributed by atoms with E-state index in [1.165, 1.54) is 6.92 Å². The maximum Gasteiger partial charge on any atom is 0.364 e. The minimum atomic E-state index is -2.87. The van der Waals surface area contributed by atoms with Gasteiger partial charge >= 0.3 is 5.97 Å². The van der Waals surface area contributed by atoms with Gasteiger partial charge in [0.2, 0.25) is 0 Å². The van der Waals surface area contributed by atoms with Gasteiger partial charge in [-0.3, -0.25) is 0 Å². The molecule has 0 amide bonds. The van der Waals surface area contributed by atoms with E-state index in [0.717, 1.165) is 19.3 Å². The van der Waals surface area contributed by atoms with Crippen molar-refractivity contribution in [1.82, 2.24) is 0 Å². The first-order chi connectivity index (χ1) is 32.2. The zero-order valence-corrected chi connectivity index (χ0v) is 37.6. The van der Waals surface area contributed by atoms with Gasteiger partial charge in [-0.15, -0.1) is 0 Å². The van der Waals surface area contributed by atoms with Crippen LogP contribution in [-0.2, 0) is 52.2 Å². The van der Waals surface area contributed by atoms with Gasteiger partial charge < -0.3 is 135 Å². The zero-order valence-electron chi connectivity index (χ0n) is 37.6. The number of aliphatic hydroxyl groups is 14. The normalized spacial score (nSPS) is 46.8. The van der Waals surface area contributed by atoms with Crippen LogP contribution in [0, 0.1) is 5.92 Å². The van der Waals surface area contributed by atoms with Crippen molar-refractivity contribution in [3.8, 4) is 0 Å². The molecule has 5 fully saturated rings. The monoisotopic (exact) mass is 996 g/mol. The fourth-order valence-electron chi connectivity index (χ4n) is 8.77. The molecule has 0 aliphatic carbocycles. The third-order valence-corrected chi connectivity index (χ3v) is 13.1. The molecule has 0 radical (unpaired) electrons. The highest BCUT2D eigenvalue weighted by molar-refractivity contribution is 5.76. The summed E-state index contributed by atoms with van der Waals surface area (Å²) in [5.41, 5.74) is 12.0. The summed E-state index contributed by atoms with van der Waals surface area (Å²) in [6, 6.07) is -2.97. The molecular weight excluding hydrogens is 924 g/mol. The first-order valence-electron chi connectivity index (χ1n) is 22.7. The lowest BCUT2D eigenvalue weighted by molar-refractivity contribution is -0.384. The number of hydrogen-bond acceptors (Lipinski definition) is 27. The Balaban J connectivity index is 1.42. The zero-order chi connectivity index (χ0) is 50.4. The fraction of sp³-hybridized carbons (Fsp3) is 0.975. The summed E-state index contributed by atoms with van der Waals surface area (Å²) in [7, 11) is 0. The van der Waals surface area contributed by atoms with Gasteiger partial charge in [-0.05, 0) is 6.42 Å². The summed E-state index contributed by atoms with van der Waals surface area (Å²) < 4.78 is 58.1. The van der Waals surface area contributed by atoms with Crippen LogP contribution < -0.4 is 11.5 Å². The third-order valence-electron chi connectivity index (χ3n) is 13.1. The van der Waals surface area contributed by atoms with Gasteiger partial charge in [-0.1, -0.05) is 33.1 Å². The lowest BCUT2D eigenvalue weighted by atomic mass is 9.89. The molecule has 0 aromatic heterocycles. The van der Waals surface area contributed by atoms with Gasteiger partial charge in [0.25, 0.3) is 5.79 Å². The van der Waals surface area contributed by atoms with E-state index in [9.17, 15) is 81.4 Å². The molecule has 28 nitrogen and oxygen atoms in total. The molecule has 5 aliphatic rings. The summed E-state index contributed by atoms with van der Waals surface area (Å²) in [6.07, 6.45) is -35.9. The number of carboxylic acid groups (broad SMARTS) is 1. The first kappa shape index (κ1) is 57.3. The summed E-state index contributed by atoms with van der Waals surface area (Å²) >= 11 is 0. The minimum Gasteiger partial charge on any atom is -0.477 e. The van der Waals surface area contributed by atoms with Crippen LogP contribution in [0.1, 0.15) is 46.0 Å². The molecule has 0 aromatic rings. The number of aliphatic carboxylic acids is 1. The summed E-state index contributed by atoms with van der Waals surface area (Å²) in [5.74, 6) is -5.99. The number of rotatable bonds is 22. The van der Waals surface area contributed by atoms with Crippen molar-refractivity contribution in [1.29, 1.82) is 0 Å². The molecule has 19 N–H and O–H groups in total. The fourth-order valence-corrected chi connectivity index (χ4v) is 8.77. The number of aliphatic hydroxyl groups excluding tert-OH is 14. The topological polar surface area (TPSA) is 465 Å². The van der Waals surface area contributed by atoms with Crippen LogP contribution in [0.5, 0.6) is 0 Å². The van der Waals surface area contributed by atoms with Crippen LogP contribution in [0.15, 0.2) is 0 Å². The maximum atomic E-state index is 12.8. The molecule has 0 saturated carbocycles. The summed E-state index contributed by atoms with van der Waals surface area (Å²) in [5, 5.41) is 160. The maximum absolute atomic E-state index is 12.8. The molecule has 5 rings (SSSR count). The highest BCUT2D eigenvalue weighted by atomic mass is 16.8. The smallest absolute Gasteiger partial charge is 0.364 e. The molecular formula is C40H72N2O26. The lowest BCUT2D eigenvalue weighted by Gasteiger charge is -2.50. The molecule has 398 valence electrons. The van der Waals surface area contributed by atoms with Crippen molar-refractivity contribution in [3.63, 3.8) is 0 Å². The Kier molecular flexibility index (Phi) is 21.4. The average molecular weight is 997 g/mol. The summed E-state index contributed by atoms with van der Waals surface area (Å²) in [6.45, 7) is -0.949. The highest BCUT2D eigenvalue weighted by Gasteiger charge is 2.58. The van der Waals surface area contributed by atoms with Gasteiger partial charge in [0, 0.05) is 18.9 Å². The number of hydrogen-bond donors (Lipinski definition) is 17. The predicted molar refractivity (Wildman–Crippen MR) is 219 cm³/mol. The number of carbonyl (C=O) groups is 1. The quantitative estimate of drug-likeness (QED) is 0.0448. The van der Waals surface area contributed by atoms with Crippen molar-refractivity contribution < 1.29 is 129 Å². The van der Waals surface area contributed by atoms with Crippen molar-refractivity contribution in [2.45, 2.75) is 199 Å². The van der Waals surface area contributed by atoms with Gasteiger partial charge in [0.05, 0.1) is 57.3 Å². The van der Waals surface area contributed by atoms with Crippen molar-refractivity contribution in [2.24, 2.45) is 17.4 Å². The van der Waals surface area contributed by atoms with Crippen molar-refractivity contribution in [3.05, 3.63) is 0 Å². The standard InChI is InChI=1S/C40H72N2O26/c1-3-4-5-6-7-59-37-30(56)34(25(51)18(11-45)62-37)67-35-14(2)31(26(52)20(64-35)13-60-40(39(57)58)8-15(47)21(41)33(68-40)23(49)16(48)9-43)65-38-29(55)28(54)32(19(12-46)63-38)66-36-22(42)27(53)24(50)17(10-44)61-36/h14-38,43-56H,3-13,41-42H2,1-2H3,(H,57,58)/t14-,15+,16+,17?,18?,19?,20?,21+,22-,23+,24-,25-,26+,27+,28+,29?,30-,31+,32-,33?,34-,35?,36?,37?,38-,40+/m0/s1. The molecule has 28 heteroatoms. The van der Waals surface area contributed by atoms with Gasteiger partial charge in [-0.2, -0.15) is 0 Å². The molecule has 26 atom stereocenters. The molecule has 68 heavy (non-hydrogen) atoms. The van der Waals surface area contributed by atoms with E-state index in [-0.39, 0.29) is 6.61 Å². The third kappa shape index (κ3) is 12.6. The second-order valence-corrected chi connectivity index (χ2v) is 17.9. The average Bonchev–Trinajstić information content (AvgIpc) is 3.32. The van der Waals surface area contributed by atoms with E-state index >= 15 is 0 Å². The van der Waals surface area contributed by atoms with E-state index in [0.29, 0.717) is 6.42 Å². The first-order valence-corrected chi connectivity index (χ1v) is 22.7. The molecule has 0 spiro atoms. The largest absolute Gasteiger partial charge is 0.477 e. The van der Waals surface area contributed by atoms with E-state index in [1.54, 1.807) is 0 Å². The lowest BCUT2D eigenvalue weighted by Crippen LogP contribution is -2.68. The van der Waals surface area contributed by atoms with Crippen LogP contribution in [0.3, 0.4) is 0 Å². The molecule has 0 aromatic carbocycles. The Morgan fingerprint density at radius 3 is 1.84 bits per heavy atom. The predicted octanol–water partition coefficient (Wildman–Crippen LogP) is -8.91. The van der Waals surface area contributed by atoms with E-state index in [4.69, 9.17) is 58.8 Å². The Labute approximate surface area is 390 Å². The van der Waals surface area contributed by atoms with Crippen LogP contribution >= 0.6 is 0 Å². The van der Waals surface area contributed by atoms with Gasteiger partial charge in [0.1, 0.15) is 97.7 Å². The Hall–Kier alpha value is -1.57. The number of ether oxygens (including phenoxy) is 10. The molecule has 5 aliphatic heterocycles. The molecule has 9 unspecified atom stereocenters. The van der Waals surface area contributed by atoms with Crippen molar-refractivity contribution >= 4 is 5.97 Å². The minimum absolute atomic E-state index is 0.120. The van der Waals surface area contributed by atoms with E-state index < -0.39 is 204 Å². The molecule has 5 heterocycles. The Morgan fingerprint density at radius 1 is 0.647 bits per heavy atom. The number of carboxylic acids is 1. The van der Waals surface area contributed by atoms with Crippen LogP contribution in [0.25, 0.3) is 0 Å². The SMILES string of the molecule is CCCCCCOC1OC(CO)[C@H](O)[C@H](OC2OC(CO[C@]3(C(=O)O)C[C@@H](O)[C@@H](N)C([C@H](O)[C@H](O)CO)O3)[C@@H](O)[C@H](O[C@@H]3OC(CO)[C@H](OC4OC(CO)[C@H](O)[C@H](O)[C@@H]4N)[C@H](O)C3O)[C@@H]2C)[C@@H]1O. The van der Waals surface area contributed by atoms with Crippen LogP contribution in [0.2, 0.25) is 0 Å². The Bertz CT molecular complexity index is 1530. The number of unbranched alkanes of at least 4 members (excludes halogenated alkanes) is 3. The van der Waals surface area contributed by atoms with Gasteiger partial charge in [-0.25, -0.2) is 4.79 Å². The molecule has 0 bridgehead atoms. The highest BCUT2D eigenvalue weighted by Crippen LogP contribution is 2.39. The summed E-state index contributed by atoms with van der Waals surface area (Å²) in [4.78, 5) is 12.8. The van der Waals surface area contributed by atoms with Crippen LogP contribution in [0.4, 0.5) is 0 Å². The number of nitrogens with two attached hydrogens (primary N) is 2. The van der Waals surface area contributed by atoms with E-state index in [2.05, 4.69) is 0 Å². The second-order valence-electron chi connectivity index (χ2n) is 17.9. The van der Waals surface area contributed by atoms with Crippen molar-refractivity contribution in [2.75, 3.05) is 39.6 Å². The van der Waals surface area contributed by atoms with Gasteiger partial charge in [0.15, 0.2) is 25.2 Å². The van der Waals surface area contributed by atoms with Crippen LogP contribution in [-0.4, -0.2) is 275 Å². The molecule has 5 saturated heterocycles.